The third-order valence-corrected chi connectivity index (χ3v) is 7.79. The zero-order valence-corrected chi connectivity index (χ0v) is 20.5. The molecule has 0 unspecified atom stereocenters. The molecule has 2 aromatic heterocycles. The fraction of sp³-hybridized carbons (Fsp3) is 0.615. The zero-order chi connectivity index (χ0) is 23.0. The van der Waals surface area contributed by atoms with Gasteiger partial charge in [-0.2, -0.15) is 0 Å². The SMILES string of the molecule is CCOC(C)(C)[C@]1(CCc2ncc3c(n2)C=NC3)CCN(C(C)(C)c2ccc(C)nc2)C1. The Kier molecular flexibility index (Phi) is 6.21. The Bertz CT molecular complexity index is 982. The number of aliphatic imine (C=N–C) groups is 1. The third-order valence-electron chi connectivity index (χ3n) is 7.79. The Morgan fingerprint density at radius 1 is 1.12 bits per heavy atom. The smallest absolute Gasteiger partial charge is 0.129 e. The summed E-state index contributed by atoms with van der Waals surface area (Å²) in [5, 5.41) is 0. The first-order chi connectivity index (χ1) is 15.2. The molecule has 2 aliphatic heterocycles. The lowest BCUT2D eigenvalue weighted by Gasteiger charge is -2.46. The minimum absolute atomic E-state index is 0.0227. The van der Waals surface area contributed by atoms with Crippen LogP contribution in [0.15, 0.2) is 29.5 Å². The molecule has 2 aliphatic rings. The molecule has 0 saturated carbocycles. The van der Waals surface area contributed by atoms with Gasteiger partial charge in [0.05, 0.1) is 17.8 Å². The van der Waals surface area contributed by atoms with Crippen molar-refractivity contribution in [2.45, 2.75) is 78.5 Å². The van der Waals surface area contributed by atoms with Crippen molar-refractivity contribution in [1.82, 2.24) is 19.9 Å². The van der Waals surface area contributed by atoms with E-state index in [1.807, 2.05) is 25.5 Å². The van der Waals surface area contributed by atoms with E-state index in [-0.39, 0.29) is 16.6 Å². The van der Waals surface area contributed by atoms with E-state index >= 15 is 0 Å². The van der Waals surface area contributed by atoms with Crippen LogP contribution in [-0.2, 0) is 23.2 Å². The summed E-state index contributed by atoms with van der Waals surface area (Å²) in [6.45, 7) is 16.7. The Morgan fingerprint density at radius 2 is 1.94 bits per heavy atom. The average molecular weight is 436 g/mol. The maximum absolute atomic E-state index is 6.36. The Balaban J connectivity index is 1.57. The van der Waals surface area contributed by atoms with Crippen LogP contribution in [0.2, 0.25) is 0 Å². The summed E-state index contributed by atoms with van der Waals surface area (Å²) in [6.07, 6.45) is 8.78. The number of nitrogens with zero attached hydrogens (tertiary/aromatic N) is 5. The second kappa shape index (κ2) is 8.64. The number of pyridine rings is 1. The molecular weight excluding hydrogens is 398 g/mol. The molecule has 1 fully saturated rings. The van der Waals surface area contributed by atoms with Gasteiger partial charge in [0.25, 0.3) is 0 Å². The molecule has 6 nitrogen and oxygen atoms in total. The van der Waals surface area contributed by atoms with Crippen molar-refractivity contribution in [2.75, 3.05) is 19.7 Å². The number of hydrogen-bond acceptors (Lipinski definition) is 6. The van der Waals surface area contributed by atoms with E-state index in [1.54, 1.807) is 0 Å². The second-order valence-corrected chi connectivity index (χ2v) is 10.3. The second-order valence-electron chi connectivity index (χ2n) is 10.3. The number of likely N-dealkylation sites (tertiary alicyclic amines) is 1. The highest BCUT2D eigenvalue weighted by atomic mass is 16.5. The van der Waals surface area contributed by atoms with Crippen LogP contribution in [0.3, 0.4) is 0 Å². The fourth-order valence-electron chi connectivity index (χ4n) is 5.27. The van der Waals surface area contributed by atoms with Gasteiger partial charge in [0.1, 0.15) is 5.82 Å². The van der Waals surface area contributed by atoms with Crippen molar-refractivity contribution in [3.63, 3.8) is 0 Å². The minimum Gasteiger partial charge on any atom is -0.375 e. The quantitative estimate of drug-likeness (QED) is 0.611. The number of hydrogen-bond donors (Lipinski definition) is 0. The Morgan fingerprint density at radius 3 is 2.66 bits per heavy atom. The first-order valence-electron chi connectivity index (χ1n) is 11.8. The van der Waals surface area contributed by atoms with Gasteiger partial charge in [0.2, 0.25) is 0 Å². The maximum Gasteiger partial charge on any atom is 0.129 e. The van der Waals surface area contributed by atoms with Gasteiger partial charge in [-0.3, -0.25) is 14.9 Å². The number of fused-ring (bicyclic) bond motifs is 1. The van der Waals surface area contributed by atoms with Crippen LogP contribution >= 0.6 is 0 Å². The summed E-state index contributed by atoms with van der Waals surface area (Å²) in [4.78, 5) is 20.9. The predicted octanol–water partition coefficient (Wildman–Crippen LogP) is 4.49. The lowest BCUT2D eigenvalue weighted by molar-refractivity contribution is -0.109. The van der Waals surface area contributed by atoms with Gasteiger partial charge >= 0.3 is 0 Å². The van der Waals surface area contributed by atoms with Crippen LogP contribution in [0.4, 0.5) is 0 Å². The standard InChI is InChI=1S/C26H37N5O/c1-7-32-25(5,6)26(11-10-23-29-15-20-14-27-17-22(20)30-23)12-13-31(18-26)24(3,4)21-9-8-19(2)28-16-21/h8-9,15-17H,7,10-14,18H2,1-6H3/t26-/m1/s1. The highest BCUT2D eigenvalue weighted by Crippen LogP contribution is 2.49. The lowest BCUT2D eigenvalue weighted by Crippen LogP contribution is -2.50. The molecule has 0 aromatic carbocycles. The van der Waals surface area contributed by atoms with Crippen LogP contribution in [0, 0.1) is 12.3 Å². The topological polar surface area (TPSA) is 63.5 Å². The molecule has 1 atom stereocenters. The molecule has 4 rings (SSSR count). The summed E-state index contributed by atoms with van der Waals surface area (Å²) >= 11 is 0. The van der Waals surface area contributed by atoms with E-state index in [4.69, 9.17) is 9.72 Å². The Labute approximate surface area is 192 Å². The van der Waals surface area contributed by atoms with Crippen LogP contribution in [0.1, 0.15) is 75.8 Å². The zero-order valence-electron chi connectivity index (χ0n) is 20.5. The molecule has 0 bridgehead atoms. The molecule has 1 saturated heterocycles. The fourth-order valence-corrected chi connectivity index (χ4v) is 5.27. The minimum atomic E-state index is -0.240. The molecular formula is C26H37N5O. The van der Waals surface area contributed by atoms with Crippen molar-refractivity contribution < 1.29 is 4.74 Å². The number of aryl methyl sites for hydroxylation is 2. The first kappa shape index (κ1) is 23.0. The van der Waals surface area contributed by atoms with Crippen LogP contribution in [-0.4, -0.2) is 51.4 Å². The number of rotatable bonds is 8. The van der Waals surface area contributed by atoms with Crippen molar-refractivity contribution in [3.8, 4) is 0 Å². The highest BCUT2D eigenvalue weighted by Gasteiger charge is 2.52. The van der Waals surface area contributed by atoms with E-state index in [9.17, 15) is 0 Å². The summed E-state index contributed by atoms with van der Waals surface area (Å²) in [7, 11) is 0. The molecule has 0 aliphatic carbocycles. The van der Waals surface area contributed by atoms with E-state index < -0.39 is 0 Å². The highest BCUT2D eigenvalue weighted by molar-refractivity contribution is 5.81. The number of aromatic nitrogens is 3. The van der Waals surface area contributed by atoms with E-state index in [0.29, 0.717) is 13.2 Å². The van der Waals surface area contributed by atoms with Gasteiger partial charge < -0.3 is 4.74 Å². The van der Waals surface area contributed by atoms with E-state index in [0.717, 1.165) is 55.1 Å². The average Bonchev–Trinajstić information content (AvgIpc) is 3.40. The molecule has 6 heteroatoms. The third kappa shape index (κ3) is 4.23. The molecule has 32 heavy (non-hydrogen) atoms. The lowest BCUT2D eigenvalue weighted by atomic mass is 9.69. The molecule has 4 heterocycles. The summed E-state index contributed by atoms with van der Waals surface area (Å²) in [5.41, 5.74) is 4.11. The van der Waals surface area contributed by atoms with Crippen molar-refractivity contribution in [2.24, 2.45) is 10.4 Å². The van der Waals surface area contributed by atoms with Crippen molar-refractivity contribution in [3.05, 3.63) is 52.9 Å². The van der Waals surface area contributed by atoms with Crippen molar-refractivity contribution >= 4 is 6.21 Å². The molecule has 0 radical (unpaired) electrons. The summed E-state index contributed by atoms with van der Waals surface area (Å²) in [5.74, 6) is 0.907. The van der Waals surface area contributed by atoms with Gasteiger partial charge in [0, 0.05) is 60.4 Å². The van der Waals surface area contributed by atoms with Crippen LogP contribution < -0.4 is 0 Å². The van der Waals surface area contributed by atoms with Gasteiger partial charge in [-0.15, -0.1) is 0 Å². The molecule has 2 aromatic rings. The summed E-state index contributed by atoms with van der Waals surface area (Å²) < 4.78 is 6.36. The van der Waals surface area contributed by atoms with Crippen LogP contribution in [0.5, 0.6) is 0 Å². The van der Waals surface area contributed by atoms with Gasteiger partial charge in [-0.25, -0.2) is 9.97 Å². The Hall–Kier alpha value is -2.18. The normalized spacial score (nSPS) is 21.3. The molecule has 0 spiro atoms. The van der Waals surface area contributed by atoms with Crippen LogP contribution in [0.25, 0.3) is 0 Å². The monoisotopic (exact) mass is 435 g/mol. The summed E-state index contributed by atoms with van der Waals surface area (Å²) in [6, 6.07) is 4.33. The van der Waals surface area contributed by atoms with Gasteiger partial charge in [-0.05, 0) is 72.6 Å². The molecule has 0 N–H and O–H groups in total. The largest absolute Gasteiger partial charge is 0.375 e. The van der Waals surface area contributed by atoms with Gasteiger partial charge in [0.15, 0.2) is 0 Å². The maximum atomic E-state index is 6.36. The number of ether oxygens (including phenoxy) is 1. The first-order valence-corrected chi connectivity index (χ1v) is 11.8. The molecule has 172 valence electrons. The van der Waals surface area contributed by atoms with Crippen molar-refractivity contribution in [1.29, 1.82) is 0 Å². The van der Waals surface area contributed by atoms with Gasteiger partial charge in [-0.1, -0.05) is 6.07 Å². The van der Waals surface area contributed by atoms with E-state index in [2.05, 4.69) is 66.6 Å². The van der Waals surface area contributed by atoms with E-state index in [1.165, 1.54) is 5.56 Å². The molecule has 0 amide bonds. The predicted molar refractivity (Wildman–Crippen MR) is 128 cm³/mol.